The number of halogens is 1. The van der Waals surface area contributed by atoms with E-state index in [2.05, 4.69) is 10.6 Å². The standard InChI is InChI=1S/C18H21ClN2O4/c1-4-25-13-7-5-12(6-8-13)21-18(22)11-20-15-10-16(23-2)14(19)9-17(15)24-3/h5-10,20H,4,11H2,1-3H3,(H,21,22). The molecule has 25 heavy (non-hydrogen) atoms. The number of hydrogen-bond donors (Lipinski definition) is 2. The van der Waals surface area contributed by atoms with Crippen molar-refractivity contribution in [2.75, 3.05) is 38.0 Å². The number of ether oxygens (including phenoxy) is 3. The Morgan fingerprint density at radius 2 is 1.76 bits per heavy atom. The quantitative estimate of drug-likeness (QED) is 0.745. The Balaban J connectivity index is 1.97. The molecule has 0 spiro atoms. The van der Waals surface area contributed by atoms with E-state index in [1.807, 2.05) is 6.92 Å². The fraction of sp³-hybridized carbons (Fsp3) is 0.278. The lowest BCUT2D eigenvalue weighted by Gasteiger charge is -2.14. The summed E-state index contributed by atoms with van der Waals surface area (Å²) in [6, 6.07) is 10.5. The van der Waals surface area contributed by atoms with Crippen LogP contribution in [0.25, 0.3) is 0 Å². The summed E-state index contributed by atoms with van der Waals surface area (Å²) in [6.07, 6.45) is 0. The van der Waals surface area contributed by atoms with Gasteiger partial charge in [-0.25, -0.2) is 0 Å². The Bertz CT molecular complexity index is 720. The van der Waals surface area contributed by atoms with Crippen LogP contribution in [0.5, 0.6) is 17.2 Å². The molecule has 0 atom stereocenters. The molecule has 134 valence electrons. The minimum Gasteiger partial charge on any atom is -0.495 e. The number of amides is 1. The van der Waals surface area contributed by atoms with Crippen molar-refractivity contribution in [3.8, 4) is 17.2 Å². The molecule has 0 aliphatic heterocycles. The number of carbonyl (C=O) groups excluding carboxylic acids is 1. The van der Waals surface area contributed by atoms with Gasteiger partial charge in [-0.15, -0.1) is 0 Å². The van der Waals surface area contributed by atoms with Crippen molar-refractivity contribution in [2.45, 2.75) is 6.92 Å². The van der Waals surface area contributed by atoms with E-state index in [1.54, 1.807) is 36.4 Å². The maximum Gasteiger partial charge on any atom is 0.243 e. The van der Waals surface area contributed by atoms with E-state index < -0.39 is 0 Å². The van der Waals surface area contributed by atoms with Crippen LogP contribution < -0.4 is 24.8 Å². The zero-order valence-corrected chi connectivity index (χ0v) is 15.1. The van der Waals surface area contributed by atoms with Gasteiger partial charge in [0, 0.05) is 17.8 Å². The van der Waals surface area contributed by atoms with Gasteiger partial charge in [0.2, 0.25) is 5.91 Å². The Morgan fingerprint density at radius 1 is 1.08 bits per heavy atom. The van der Waals surface area contributed by atoms with Crippen LogP contribution in [0, 0.1) is 0 Å². The molecule has 0 unspecified atom stereocenters. The Morgan fingerprint density at radius 3 is 2.36 bits per heavy atom. The molecule has 7 heteroatoms. The first-order chi connectivity index (χ1) is 12.1. The predicted octanol–water partition coefficient (Wildman–Crippen LogP) is 3.81. The molecule has 0 saturated heterocycles. The first-order valence-electron chi connectivity index (χ1n) is 7.75. The van der Waals surface area contributed by atoms with Gasteiger partial charge in [-0.1, -0.05) is 11.6 Å². The Kier molecular flexibility index (Phi) is 6.77. The van der Waals surface area contributed by atoms with Gasteiger partial charge in [0.15, 0.2) is 0 Å². The monoisotopic (exact) mass is 364 g/mol. The molecule has 0 saturated carbocycles. The number of nitrogens with one attached hydrogen (secondary N) is 2. The Labute approximate surface area is 152 Å². The van der Waals surface area contributed by atoms with Crippen LogP contribution in [0.1, 0.15) is 6.92 Å². The lowest BCUT2D eigenvalue weighted by atomic mass is 10.2. The number of carbonyl (C=O) groups is 1. The van der Waals surface area contributed by atoms with E-state index in [9.17, 15) is 4.79 Å². The smallest absolute Gasteiger partial charge is 0.243 e. The van der Waals surface area contributed by atoms with Gasteiger partial charge < -0.3 is 24.8 Å². The van der Waals surface area contributed by atoms with Crippen LogP contribution in [0.4, 0.5) is 11.4 Å². The fourth-order valence-corrected chi connectivity index (χ4v) is 2.41. The highest BCUT2D eigenvalue weighted by atomic mass is 35.5. The minimum absolute atomic E-state index is 0.0638. The van der Waals surface area contributed by atoms with Gasteiger partial charge in [0.25, 0.3) is 0 Å². The van der Waals surface area contributed by atoms with Crippen molar-refractivity contribution in [3.05, 3.63) is 41.4 Å². The molecule has 0 aromatic heterocycles. The van der Waals surface area contributed by atoms with Crippen molar-refractivity contribution in [1.82, 2.24) is 0 Å². The molecule has 0 aliphatic carbocycles. The van der Waals surface area contributed by atoms with E-state index >= 15 is 0 Å². The molecule has 6 nitrogen and oxygen atoms in total. The second-order valence-electron chi connectivity index (χ2n) is 5.05. The highest BCUT2D eigenvalue weighted by Crippen LogP contribution is 2.35. The van der Waals surface area contributed by atoms with Crippen molar-refractivity contribution in [3.63, 3.8) is 0 Å². The summed E-state index contributed by atoms with van der Waals surface area (Å²) in [4.78, 5) is 12.1. The third-order valence-corrected chi connectivity index (χ3v) is 3.66. The highest BCUT2D eigenvalue weighted by Gasteiger charge is 2.11. The maximum absolute atomic E-state index is 12.1. The zero-order chi connectivity index (χ0) is 18.2. The summed E-state index contributed by atoms with van der Waals surface area (Å²) >= 11 is 6.06. The molecular weight excluding hydrogens is 344 g/mol. The van der Waals surface area contributed by atoms with Crippen molar-refractivity contribution >= 4 is 28.9 Å². The van der Waals surface area contributed by atoms with E-state index in [1.165, 1.54) is 14.2 Å². The summed E-state index contributed by atoms with van der Waals surface area (Å²) < 4.78 is 15.8. The number of benzene rings is 2. The summed E-state index contributed by atoms with van der Waals surface area (Å²) in [5.41, 5.74) is 1.31. The molecule has 0 aliphatic rings. The van der Waals surface area contributed by atoms with Crippen LogP contribution in [-0.2, 0) is 4.79 Å². The van der Waals surface area contributed by atoms with Crippen molar-refractivity contribution in [1.29, 1.82) is 0 Å². The number of anilines is 2. The number of methoxy groups -OCH3 is 2. The van der Waals surface area contributed by atoms with Crippen LogP contribution in [0.3, 0.4) is 0 Å². The highest BCUT2D eigenvalue weighted by molar-refractivity contribution is 6.32. The normalized spacial score (nSPS) is 10.1. The van der Waals surface area contributed by atoms with Crippen LogP contribution in [0.2, 0.25) is 5.02 Å². The summed E-state index contributed by atoms with van der Waals surface area (Å²) in [5, 5.41) is 6.26. The average Bonchev–Trinajstić information content (AvgIpc) is 2.62. The van der Waals surface area contributed by atoms with Gasteiger partial charge in [-0.2, -0.15) is 0 Å². The molecular formula is C18H21ClN2O4. The molecule has 0 fully saturated rings. The van der Waals surface area contributed by atoms with Gasteiger partial charge in [0.05, 0.1) is 38.1 Å². The summed E-state index contributed by atoms with van der Waals surface area (Å²) in [6.45, 7) is 2.58. The topological polar surface area (TPSA) is 68.8 Å². The minimum atomic E-state index is -0.194. The SMILES string of the molecule is CCOc1ccc(NC(=O)CNc2cc(OC)c(Cl)cc2OC)cc1. The molecule has 0 heterocycles. The summed E-state index contributed by atoms with van der Waals surface area (Å²) in [7, 11) is 3.05. The van der Waals surface area contributed by atoms with E-state index in [4.69, 9.17) is 25.8 Å². The van der Waals surface area contributed by atoms with Crippen molar-refractivity contribution in [2.24, 2.45) is 0 Å². The predicted molar refractivity (Wildman–Crippen MR) is 99.3 cm³/mol. The molecule has 2 aromatic rings. The first kappa shape index (κ1) is 18.7. The molecule has 2 rings (SSSR count). The maximum atomic E-state index is 12.1. The lowest BCUT2D eigenvalue weighted by Crippen LogP contribution is -2.22. The van der Waals surface area contributed by atoms with Gasteiger partial charge in [-0.05, 0) is 31.2 Å². The lowest BCUT2D eigenvalue weighted by molar-refractivity contribution is -0.114. The number of hydrogen-bond acceptors (Lipinski definition) is 5. The van der Waals surface area contributed by atoms with E-state index in [-0.39, 0.29) is 12.5 Å². The fourth-order valence-electron chi connectivity index (χ4n) is 2.18. The first-order valence-corrected chi connectivity index (χ1v) is 8.13. The van der Waals surface area contributed by atoms with Crippen molar-refractivity contribution < 1.29 is 19.0 Å². The van der Waals surface area contributed by atoms with E-state index in [0.29, 0.717) is 34.5 Å². The third kappa shape index (κ3) is 5.19. The van der Waals surface area contributed by atoms with Crippen LogP contribution >= 0.6 is 11.6 Å². The second-order valence-corrected chi connectivity index (χ2v) is 5.45. The molecule has 1 amide bonds. The molecule has 2 N–H and O–H groups in total. The molecule has 0 radical (unpaired) electrons. The second kappa shape index (κ2) is 9.03. The average molecular weight is 365 g/mol. The van der Waals surface area contributed by atoms with Gasteiger partial charge in [0.1, 0.15) is 17.2 Å². The summed E-state index contributed by atoms with van der Waals surface area (Å²) in [5.74, 6) is 1.59. The van der Waals surface area contributed by atoms with Crippen LogP contribution in [0.15, 0.2) is 36.4 Å². The van der Waals surface area contributed by atoms with Gasteiger partial charge in [-0.3, -0.25) is 4.79 Å². The van der Waals surface area contributed by atoms with Gasteiger partial charge >= 0.3 is 0 Å². The largest absolute Gasteiger partial charge is 0.495 e. The third-order valence-electron chi connectivity index (χ3n) is 3.36. The van der Waals surface area contributed by atoms with Crippen LogP contribution in [-0.4, -0.2) is 33.3 Å². The Hall–Kier alpha value is -2.60. The molecule has 2 aromatic carbocycles. The number of rotatable bonds is 8. The molecule has 0 bridgehead atoms. The zero-order valence-electron chi connectivity index (χ0n) is 14.4. The van der Waals surface area contributed by atoms with E-state index in [0.717, 1.165) is 5.75 Å².